The van der Waals surface area contributed by atoms with Crippen molar-refractivity contribution in [1.29, 1.82) is 0 Å². The molecule has 0 saturated carbocycles. The first-order valence-corrected chi connectivity index (χ1v) is 11.8. The third kappa shape index (κ3) is 4.20. The molecule has 5 heteroatoms. The second-order valence-electron chi connectivity index (χ2n) is 9.24. The van der Waals surface area contributed by atoms with E-state index >= 15 is 0 Å². The van der Waals surface area contributed by atoms with Crippen molar-refractivity contribution in [2.75, 3.05) is 38.2 Å². The highest BCUT2D eigenvalue weighted by molar-refractivity contribution is 5.95. The first-order chi connectivity index (χ1) is 16.0. The summed E-state index contributed by atoms with van der Waals surface area (Å²) in [7, 11) is 2.05. The number of ether oxygens (including phenoxy) is 1. The van der Waals surface area contributed by atoms with Crippen LogP contribution >= 0.6 is 0 Å². The zero-order valence-electron chi connectivity index (χ0n) is 19.7. The number of carbonyl (C=O) groups is 1. The van der Waals surface area contributed by atoms with Crippen molar-refractivity contribution in [2.24, 2.45) is 0 Å². The molecule has 170 valence electrons. The Labute approximate surface area is 196 Å². The summed E-state index contributed by atoms with van der Waals surface area (Å²) >= 11 is 0. The van der Waals surface area contributed by atoms with Crippen molar-refractivity contribution in [3.05, 3.63) is 77.1 Å². The number of benzene rings is 2. The predicted octanol–water partition coefficient (Wildman–Crippen LogP) is 5.21. The fourth-order valence-corrected chi connectivity index (χ4v) is 4.92. The predicted molar refractivity (Wildman–Crippen MR) is 132 cm³/mol. The molecular weight excluding hydrogens is 410 g/mol. The number of likely N-dealkylation sites (tertiary alicyclic amines) is 1. The number of piperidine rings is 1. The number of rotatable bonds is 3. The second kappa shape index (κ2) is 8.89. The molecule has 0 bridgehead atoms. The average Bonchev–Trinajstić information content (AvgIpc) is 2.85. The van der Waals surface area contributed by atoms with Crippen molar-refractivity contribution in [3.8, 4) is 16.9 Å². The van der Waals surface area contributed by atoms with E-state index in [-0.39, 0.29) is 5.91 Å². The van der Waals surface area contributed by atoms with Gasteiger partial charge in [-0.15, -0.1) is 0 Å². The Bertz CT molecular complexity index is 1160. The fraction of sp³-hybridized carbons (Fsp3) is 0.357. The van der Waals surface area contributed by atoms with Gasteiger partial charge in [0, 0.05) is 49.1 Å². The third-order valence-corrected chi connectivity index (χ3v) is 7.20. The van der Waals surface area contributed by atoms with Crippen LogP contribution in [-0.4, -0.2) is 49.1 Å². The molecule has 0 radical (unpaired) electrons. The van der Waals surface area contributed by atoms with Crippen LogP contribution in [0.4, 0.5) is 5.69 Å². The lowest BCUT2D eigenvalue weighted by atomic mass is 9.91. The molecule has 1 amide bonds. The topological polar surface area (TPSA) is 45.7 Å². The minimum atomic E-state index is 0.0892. The van der Waals surface area contributed by atoms with Crippen LogP contribution < -0.4 is 9.64 Å². The van der Waals surface area contributed by atoms with Crippen LogP contribution in [0.2, 0.25) is 0 Å². The van der Waals surface area contributed by atoms with E-state index in [0.29, 0.717) is 18.1 Å². The second-order valence-corrected chi connectivity index (χ2v) is 9.24. The van der Waals surface area contributed by atoms with Crippen LogP contribution in [0.5, 0.6) is 5.75 Å². The lowest BCUT2D eigenvalue weighted by Crippen LogP contribution is -2.38. The Morgan fingerprint density at radius 2 is 1.85 bits per heavy atom. The number of nitrogens with zero attached hydrogens (tertiary/aromatic N) is 3. The van der Waals surface area contributed by atoms with Gasteiger partial charge in [0.15, 0.2) is 0 Å². The number of hydrogen-bond acceptors (Lipinski definition) is 4. The normalized spacial score (nSPS) is 16.3. The maximum Gasteiger partial charge on any atom is 0.253 e. The van der Waals surface area contributed by atoms with E-state index in [1.807, 2.05) is 29.3 Å². The standard InChI is InChI=1S/C28H31N3O2/c1-19-5-4-6-24(20(19)2)23-7-9-25(29-18-23)21-11-13-31(14-12-21)28(32)22-8-10-26-27(17-22)33-16-15-30(26)3/h4-10,17-18,21H,11-16H2,1-3H3. The molecule has 2 aliphatic heterocycles. The molecule has 1 saturated heterocycles. The number of aromatic nitrogens is 1. The van der Waals surface area contributed by atoms with E-state index in [0.717, 1.165) is 55.2 Å². The van der Waals surface area contributed by atoms with E-state index in [9.17, 15) is 4.79 Å². The SMILES string of the molecule is Cc1cccc(-c2ccc(C3CCN(C(=O)c4ccc5c(c4)OCCN5C)CC3)nc2)c1C. The van der Waals surface area contributed by atoms with Gasteiger partial charge >= 0.3 is 0 Å². The summed E-state index contributed by atoms with van der Waals surface area (Å²) in [4.78, 5) is 22.1. The third-order valence-electron chi connectivity index (χ3n) is 7.20. The van der Waals surface area contributed by atoms with Crippen molar-refractivity contribution in [2.45, 2.75) is 32.6 Å². The van der Waals surface area contributed by atoms with Gasteiger partial charge in [0.1, 0.15) is 12.4 Å². The van der Waals surface area contributed by atoms with Gasteiger partial charge in [0.2, 0.25) is 0 Å². The van der Waals surface area contributed by atoms with Crippen LogP contribution in [0.3, 0.4) is 0 Å². The number of anilines is 1. The number of likely N-dealkylation sites (N-methyl/N-ethyl adjacent to an activating group) is 1. The quantitative estimate of drug-likeness (QED) is 0.559. The summed E-state index contributed by atoms with van der Waals surface area (Å²) in [6.45, 7) is 7.34. The molecule has 2 aliphatic rings. The highest BCUT2D eigenvalue weighted by Crippen LogP contribution is 2.33. The van der Waals surface area contributed by atoms with Gasteiger partial charge in [0.05, 0.1) is 12.2 Å². The molecule has 1 aromatic heterocycles. The molecule has 5 nitrogen and oxygen atoms in total. The molecule has 3 aromatic rings. The lowest BCUT2D eigenvalue weighted by molar-refractivity contribution is 0.0711. The van der Waals surface area contributed by atoms with Crippen molar-refractivity contribution < 1.29 is 9.53 Å². The fourth-order valence-electron chi connectivity index (χ4n) is 4.92. The van der Waals surface area contributed by atoms with Crippen molar-refractivity contribution >= 4 is 11.6 Å². The Morgan fingerprint density at radius 1 is 1.03 bits per heavy atom. The van der Waals surface area contributed by atoms with Gasteiger partial charge in [-0.2, -0.15) is 0 Å². The van der Waals surface area contributed by atoms with Gasteiger partial charge in [0.25, 0.3) is 5.91 Å². The van der Waals surface area contributed by atoms with E-state index in [4.69, 9.17) is 9.72 Å². The average molecular weight is 442 g/mol. The van der Waals surface area contributed by atoms with E-state index in [2.05, 4.69) is 56.1 Å². The Morgan fingerprint density at radius 3 is 2.61 bits per heavy atom. The van der Waals surface area contributed by atoms with E-state index in [1.54, 1.807) is 0 Å². The largest absolute Gasteiger partial charge is 0.490 e. The number of pyridine rings is 1. The molecule has 0 N–H and O–H groups in total. The highest BCUT2D eigenvalue weighted by Gasteiger charge is 2.26. The van der Waals surface area contributed by atoms with Crippen LogP contribution in [0.25, 0.3) is 11.1 Å². The van der Waals surface area contributed by atoms with E-state index in [1.165, 1.54) is 16.7 Å². The number of aryl methyl sites for hydroxylation is 1. The maximum atomic E-state index is 13.1. The summed E-state index contributed by atoms with van der Waals surface area (Å²) in [5, 5.41) is 0. The molecule has 0 aliphatic carbocycles. The molecule has 3 heterocycles. The number of hydrogen-bond donors (Lipinski definition) is 0. The minimum Gasteiger partial charge on any atom is -0.490 e. The van der Waals surface area contributed by atoms with Crippen molar-refractivity contribution in [1.82, 2.24) is 9.88 Å². The molecule has 33 heavy (non-hydrogen) atoms. The van der Waals surface area contributed by atoms with Gasteiger partial charge < -0.3 is 14.5 Å². The highest BCUT2D eigenvalue weighted by atomic mass is 16.5. The smallest absolute Gasteiger partial charge is 0.253 e. The van der Waals surface area contributed by atoms with Gasteiger partial charge in [-0.1, -0.05) is 24.3 Å². The Kier molecular flexibility index (Phi) is 5.79. The molecule has 5 rings (SSSR count). The number of amides is 1. The summed E-state index contributed by atoms with van der Waals surface area (Å²) < 4.78 is 5.78. The van der Waals surface area contributed by atoms with Crippen LogP contribution in [0.15, 0.2) is 54.7 Å². The zero-order chi connectivity index (χ0) is 22.9. The molecule has 1 fully saturated rings. The molecule has 0 unspecified atom stereocenters. The summed E-state index contributed by atoms with van der Waals surface area (Å²) in [6.07, 6.45) is 3.87. The summed E-state index contributed by atoms with van der Waals surface area (Å²) in [5.74, 6) is 1.28. The zero-order valence-corrected chi connectivity index (χ0v) is 19.7. The van der Waals surface area contributed by atoms with Crippen molar-refractivity contribution in [3.63, 3.8) is 0 Å². The van der Waals surface area contributed by atoms with E-state index < -0.39 is 0 Å². The first kappa shape index (κ1) is 21.5. The monoisotopic (exact) mass is 441 g/mol. The first-order valence-electron chi connectivity index (χ1n) is 11.8. The molecule has 0 atom stereocenters. The van der Waals surface area contributed by atoms with Crippen LogP contribution in [-0.2, 0) is 0 Å². The van der Waals surface area contributed by atoms with Crippen LogP contribution in [0, 0.1) is 13.8 Å². The molecule has 0 spiro atoms. The lowest BCUT2D eigenvalue weighted by Gasteiger charge is -2.32. The minimum absolute atomic E-state index is 0.0892. The Balaban J connectivity index is 1.24. The van der Waals surface area contributed by atoms with Gasteiger partial charge in [-0.05, 0) is 67.6 Å². The molecular formula is C28H31N3O2. The van der Waals surface area contributed by atoms with Gasteiger partial charge in [-0.25, -0.2) is 0 Å². The maximum absolute atomic E-state index is 13.1. The van der Waals surface area contributed by atoms with Gasteiger partial charge in [-0.3, -0.25) is 9.78 Å². The Hall–Kier alpha value is -3.34. The number of fused-ring (bicyclic) bond motifs is 1. The molecule has 2 aromatic carbocycles. The van der Waals surface area contributed by atoms with Crippen LogP contribution in [0.1, 0.15) is 45.9 Å². The summed E-state index contributed by atoms with van der Waals surface area (Å²) in [6, 6.07) is 16.6. The number of carbonyl (C=O) groups excluding carboxylic acids is 1. The summed E-state index contributed by atoms with van der Waals surface area (Å²) in [5.41, 5.74) is 7.89.